The number of fused-ring (bicyclic) bond motifs is 2. The molecule has 1 saturated carbocycles. The number of amides is 2. The number of benzene rings is 2. The Bertz CT molecular complexity index is 1430. The minimum atomic E-state index is -0.564. The topological polar surface area (TPSA) is 102 Å². The van der Waals surface area contributed by atoms with E-state index in [0.29, 0.717) is 24.1 Å². The van der Waals surface area contributed by atoms with Crippen molar-refractivity contribution >= 4 is 23.0 Å². The third-order valence-electron chi connectivity index (χ3n) is 7.50. The number of nitrogens with zero attached hydrogens (tertiary/aromatic N) is 1. The number of hydrogen-bond acceptors (Lipinski definition) is 6. The van der Waals surface area contributed by atoms with E-state index in [0.717, 1.165) is 47.9 Å². The number of alkyl carbamates (subject to hydrolysis) is 1. The molecule has 0 saturated heterocycles. The van der Waals surface area contributed by atoms with E-state index >= 15 is 0 Å². The summed E-state index contributed by atoms with van der Waals surface area (Å²) in [4.78, 5) is 24.2. The molecule has 1 aliphatic carbocycles. The highest BCUT2D eigenvalue weighted by atomic mass is 16.6. The van der Waals surface area contributed by atoms with Gasteiger partial charge in [0, 0.05) is 30.5 Å². The van der Waals surface area contributed by atoms with Crippen molar-refractivity contribution < 1.29 is 23.5 Å². The molecule has 1 aliphatic heterocycles. The first-order valence-electron chi connectivity index (χ1n) is 14.3. The van der Waals surface area contributed by atoms with Crippen LogP contribution >= 0.6 is 0 Å². The van der Waals surface area contributed by atoms with Gasteiger partial charge in [-0.2, -0.15) is 0 Å². The van der Waals surface area contributed by atoms with Gasteiger partial charge in [-0.05, 0) is 88.5 Å². The molecule has 0 unspecified atom stereocenters. The first-order valence-corrected chi connectivity index (χ1v) is 14.3. The van der Waals surface area contributed by atoms with E-state index < -0.39 is 11.7 Å². The summed E-state index contributed by atoms with van der Waals surface area (Å²) in [6, 6.07) is 16.2. The molecule has 5 rings (SSSR count). The van der Waals surface area contributed by atoms with Gasteiger partial charge in [-0.15, -0.1) is 5.10 Å². The lowest BCUT2D eigenvalue weighted by molar-refractivity contribution is -0.121. The summed E-state index contributed by atoms with van der Waals surface area (Å²) in [7, 11) is 0. The Morgan fingerprint density at radius 2 is 1.80 bits per heavy atom. The quantitative estimate of drug-likeness (QED) is 0.277. The van der Waals surface area contributed by atoms with Crippen LogP contribution in [0.5, 0.6) is 5.75 Å². The van der Waals surface area contributed by atoms with Crippen LogP contribution in [0.15, 0.2) is 58.0 Å². The summed E-state index contributed by atoms with van der Waals surface area (Å²) >= 11 is 0. The maximum atomic E-state index is 12.5. The minimum absolute atomic E-state index is 0.0600. The van der Waals surface area contributed by atoms with Crippen molar-refractivity contribution in [1.29, 1.82) is 0 Å². The SMILES string of the molecule is CC(C)(C)OC(=O)NCCCC(=O)N/N=c1/cc(-c2ccccc2)c2cc3c(cc2o1)OC1(CCCCC1)CC3. The highest BCUT2D eigenvalue weighted by Crippen LogP contribution is 2.43. The number of carbonyl (C=O) groups excluding carboxylic acids is 2. The Labute approximate surface area is 235 Å². The van der Waals surface area contributed by atoms with Gasteiger partial charge in [0.1, 0.15) is 22.5 Å². The van der Waals surface area contributed by atoms with Crippen LogP contribution in [-0.2, 0) is 16.0 Å². The molecule has 212 valence electrons. The Morgan fingerprint density at radius 3 is 2.55 bits per heavy atom. The van der Waals surface area contributed by atoms with Gasteiger partial charge in [0.05, 0.1) is 0 Å². The molecule has 0 bridgehead atoms. The lowest BCUT2D eigenvalue weighted by atomic mass is 9.79. The number of hydrogen-bond donors (Lipinski definition) is 2. The molecule has 40 heavy (non-hydrogen) atoms. The fourth-order valence-corrected chi connectivity index (χ4v) is 5.57. The Kier molecular flexibility index (Phi) is 8.14. The molecule has 2 aromatic carbocycles. The van der Waals surface area contributed by atoms with Gasteiger partial charge >= 0.3 is 6.09 Å². The standard InChI is InChI=1S/C32H39N3O5/c1-31(2,3)40-30(37)33-18-10-13-28(36)34-35-29-20-24(22-11-6-4-7-12-22)25-19-23-14-17-32(15-8-5-9-16-32)39-26(23)21-27(25)38-29/h4,6-7,11-12,19-21H,5,8-10,13-18H2,1-3H3,(H,33,37)(H,34,36)/b35-29-. The smallest absolute Gasteiger partial charge is 0.407 e. The average molecular weight is 546 g/mol. The molecule has 2 aliphatic rings. The number of carbonyl (C=O) groups is 2. The molecule has 2 N–H and O–H groups in total. The molecule has 2 heterocycles. The van der Waals surface area contributed by atoms with E-state index in [4.69, 9.17) is 13.9 Å². The lowest BCUT2D eigenvalue weighted by Crippen LogP contribution is -2.41. The minimum Gasteiger partial charge on any atom is -0.487 e. The molecule has 1 aromatic heterocycles. The van der Waals surface area contributed by atoms with Crippen molar-refractivity contribution in [3.05, 3.63) is 59.6 Å². The number of rotatable bonds is 6. The van der Waals surface area contributed by atoms with Crippen LogP contribution in [0.2, 0.25) is 0 Å². The molecule has 3 aromatic rings. The van der Waals surface area contributed by atoms with Crippen LogP contribution in [0.1, 0.15) is 77.7 Å². The lowest BCUT2D eigenvalue weighted by Gasteiger charge is -2.41. The molecule has 2 amide bonds. The van der Waals surface area contributed by atoms with E-state index in [9.17, 15) is 9.59 Å². The van der Waals surface area contributed by atoms with Gasteiger partial charge in [-0.1, -0.05) is 36.8 Å². The largest absolute Gasteiger partial charge is 0.487 e. The van der Waals surface area contributed by atoms with Crippen molar-refractivity contribution in [3.63, 3.8) is 0 Å². The van der Waals surface area contributed by atoms with Crippen LogP contribution in [0.4, 0.5) is 4.79 Å². The van der Waals surface area contributed by atoms with Crippen molar-refractivity contribution in [3.8, 4) is 16.9 Å². The zero-order valence-corrected chi connectivity index (χ0v) is 23.7. The summed E-state index contributed by atoms with van der Waals surface area (Å²) < 4.78 is 18.0. The molecule has 1 spiro atoms. The third-order valence-corrected chi connectivity index (χ3v) is 7.50. The van der Waals surface area contributed by atoms with Crippen LogP contribution in [0.25, 0.3) is 22.1 Å². The first-order chi connectivity index (χ1) is 19.2. The summed E-state index contributed by atoms with van der Waals surface area (Å²) in [5.74, 6) is 0.623. The molecule has 0 radical (unpaired) electrons. The van der Waals surface area contributed by atoms with Crippen LogP contribution in [0.3, 0.4) is 0 Å². The van der Waals surface area contributed by atoms with E-state index in [-0.39, 0.29) is 17.9 Å². The van der Waals surface area contributed by atoms with E-state index in [1.54, 1.807) is 20.8 Å². The third kappa shape index (κ3) is 6.84. The Hall–Kier alpha value is -3.81. The van der Waals surface area contributed by atoms with Gasteiger partial charge in [0.15, 0.2) is 0 Å². The van der Waals surface area contributed by atoms with Crippen molar-refractivity contribution in [1.82, 2.24) is 10.7 Å². The van der Waals surface area contributed by atoms with E-state index in [1.807, 2.05) is 30.3 Å². The van der Waals surface area contributed by atoms with Gasteiger partial charge in [0.25, 0.3) is 0 Å². The van der Waals surface area contributed by atoms with Crippen molar-refractivity contribution in [2.24, 2.45) is 5.10 Å². The van der Waals surface area contributed by atoms with Crippen LogP contribution in [-0.4, -0.2) is 29.7 Å². The van der Waals surface area contributed by atoms with Crippen LogP contribution in [0, 0.1) is 0 Å². The van der Waals surface area contributed by atoms with E-state index in [1.165, 1.54) is 24.8 Å². The second-order valence-corrected chi connectivity index (χ2v) is 11.8. The van der Waals surface area contributed by atoms with Gasteiger partial charge < -0.3 is 19.2 Å². The predicted octanol–water partition coefficient (Wildman–Crippen LogP) is 6.36. The number of nitrogens with one attached hydrogen (secondary N) is 2. The monoisotopic (exact) mass is 545 g/mol. The fraction of sp³-hybridized carbons (Fsp3) is 0.469. The molecule has 0 atom stereocenters. The van der Waals surface area contributed by atoms with E-state index in [2.05, 4.69) is 34.0 Å². The number of aryl methyl sites for hydroxylation is 1. The Balaban J connectivity index is 1.35. The predicted molar refractivity (Wildman–Crippen MR) is 154 cm³/mol. The maximum Gasteiger partial charge on any atom is 0.407 e. The molecular formula is C32H39N3O5. The van der Waals surface area contributed by atoms with Crippen molar-refractivity contribution in [2.45, 2.75) is 89.8 Å². The van der Waals surface area contributed by atoms with Gasteiger partial charge in [-0.3, -0.25) is 4.79 Å². The maximum absolute atomic E-state index is 12.5. The van der Waals surface area contributed by atoms with Gasteiger partial charge in [-0.25, -0.2) is 10.2 Å². The molecular weight excluding hydrogens is 506 g/mol. The summed E-state index contributed by atoms with van der Waals surface area (Å²) in [5.41, 5.74) is 6.17. The zero-order chi connectivity index (χ0) is 28.2. The summed E-state index contributed by atoms with van der Waals surface area (Å²) in [6.45, 7) is 5.74. The van der Waals surface area contributed by atoms with Crippen molar-refractivity contribution in [2.75, 3.05) is 6.54 Å². The van der Waals surface area contributed by atoms with Gasteiger partial charge in [0.2, 0.25) is 11.5 Å². The summed E-state index contributed by atoms with van der Waals surface area (Å²) in [5, 5.41) is 7.93. The average Bonchev–Trinajstić information content (AvgIpc) is 2.93. The zero-order valence-electron chi connectivity index (χ0n) is 23.7. The normalized spacial score (nSPS) is 16.7. The second-order valence-electron chi connectivity index (χ2n) is 11.8. The van der Waals surface area contributed by atoms with Crippen LogP contribution < -0.4 is 21.0 Å². The number of ether oxygens (including phenoxy) is 2. The fourth-order valence-electron chi connectivity index (χ4n) is 5.57. The molecule has 1 fully saturated rings. The highest BCUT2D eigenvalue weighted by Gasteiger charge is 2.37. The summed E-state index contributed by atoms with van der Waals surface area (Å²) in [6.07, 6.45) is 8.11. The second kappa shape index (κ2) is 11.7. The first kappa shape index (κ1) is 27.7. The Morgan fingerprint density at radius 1 is 1.02 bits per heavy atom. The molecule has 8 nitrogen and oxygen atoms in total. The highest BCUT2D eigenvalue weighted by molar-refractivity contribution is 5.94. The molecule has 8 heteroatoms.